The molecule has 0 aromatic rings. The molecule has 0 saturated carbocycles. The molecule has 1 heterocycles. The van der Waals surface area contributed by atoms with Crippen molar-refractivity contribution in [1.29, 1.82) is 0 Å². The SMILES string of the molecule is C=CCC1(C)OCCO1. The molecule has 0 radical (unpaired) electrons. The lowest BCUT2D eigenvalue weighted by Crippen LogP contribution is -2.23. The van der Waals surface area contributed by atoms with Crippen LogP contribution < -0.4 is 0 Å². The second kappa shape index (κ2) is 2.50. The van der Waals surface area contributed by atoms with E-state index >= 15 is 0 Å². The van der Waals surface area contributed by atoms with Crippen LogP contribution in [0.15, 0.2) is 12.7 Å². The van der Waals surface area contributed by atoms with E-state index in [1.54, 1.807) is 0 Å². The molecule has 1 rings (SSSR count). The maximum atomic E-state index is 5.29. The monoisotopic (exact) mass is 128 g/mol. The minimum atomic E-state index is -0.373. The Hall–Kier alpha value is -0.340. The molecule has 0 bridgehead atoms. The fraction of sp³-hybridized carbons (Fsp3) is 0.714. The molecule has 2 nitrogen and oxygen atoms in total. The molecule has 9 heavy (non-hydrogen) atoms. The van der Waals surface area contributed by atoms with E-state index in [1.807, 2.05) is 13.0 Å². The Morgan fingerprint density at radius 3 is 2.56 bits per heavy atom. The van der Waals surface area contributed by atoms with E-state index in [0.717, 1.165) is 6.42 Å². The van der Waals surface area contributed by atoms with Gasteiger partial charge in [-0.15, -0.1) is 6.58 Å². The molecular formula is C7H12O2. The molecule has 1 aliphatic heterocycles. The van der Waals surface area contributed by atoms with Crippen LogP contribution in [0.2, 0.25) is 0 Å². The average molecular weight is 128 g/mol. The largest absolute Gasteiger partial charge is 0.348 e. The average Bonchev–Trinajstić information content (AvgIpc) is 2.16. The van der Waals surface area contributed by atoms with Gasteiger partial charge < -0.3 is 9.47 Å². The Morgan fingerprint density at radius 2 is 2.11 bits per heavy atom. The zero-order valence-electron chi connectivity index (χ0n) is 5.72. The van der Waals surface area contributed by atoms with Gasteiger partial charge in [0, 0.05) is 6.42 Å². The van der Waals surface area contributed by atoms with Gasteiger partial charge in [-0.05, 0) is 6.92 Å². The highest BCUT2D eigenvalue weighted by Crippen LogP contribution is 2.22. The molecule has 0 aromatic heterocycles. The molecule has 2 heteroatoms. The van der Waals surface area contributed by atoms with Gasteiger partial charge in [-0.1, -0.05) is 6.08 Å². The van der Waals surface area contributed by atoms with Gasteiger partial charge >= 0.3 is 0 Å². The predicted octanol–water partition coefficient (Wildman–Crippen LogP) is 1.33. The van der Waals surface area contributed by atoms with Gasteiger partial charge in [0.1, 0.15) is 0 Å². The van der Waals surface area contributed by atoms with Crippen LogP contribution in [0.1, 0.15) is 13.3 Å². The normalized spacial score (nSPS) is 24.1. The third-order valence-corrected chi connectivity index (χ3v) is 1.41. The minimum Gasteiger partial charge on any atom is -0.348 e. The summed E-state index contributed by atoms with van der Waals surface area (Å²) in [6, 6.07) is 0. The van der Waals surface area contributed by atoms with Crippen molar-refractivity contribution < 1.29 is 9.47 Å². The summed E-state index contributed by atoms with van der Waals surface area (Å²) < 4.78 is 10.6. The Labute approximate surface area is 55.5 Å². The Balaban J connectivity index is 2.40. The standard InChI is InChI=1S/C7H12O2/c1-3-4-7(2)8-5-6-9-7/h3H,1,4-6H2,2H3. The number of ether oxygens (including phenoxy) is 2. The van der Waals surface area contributed by atoms with Gasteiger partial charge in [0.05, 0.1) is 13.2 Å². The number of hydrogen-bond donors (Lipinski definition) is 0. The van der Waals surface area contributed by atoms with Gasteiger partial charge in [0.2, 0.25) is 0 Å². The van der Waals surface area contributed by atoms with Gasteiger partial charge in [-0.2, -0.15) is 0 Å². The molecule has 1 fully saturated rings. The Morgan fingerprint density at radius 1 is 1.56 bits per heavy atom. The molecule has 0 spiro atoms. The van der Waals surface area contributed by atoms with Crippen molar-refractivity contribution in [3.63, 3.8) is 0 Å². The third-order valence-electron chi connectivity index (χ3n) is 1.41. The molecule has 0 atom stereocenters. The summed E-state index contributed by atoms with van der Waals surface area (Å²) in [7, 11) is 0. The van der Waals surface area contributed by atoms with Crippen LogP contribution in [-0.2, 0) is 9.47 Å². The van der Waals surface area contributed by atoms with E-state index in [0.29, 0.717) is 13.2 Å². The lowest BCUT2D eigenvalue weighted by Gasteiger charge is -2.19. The molecule has 0 aliphatic carbocycles. The quantitative estimate of drug-likeness (QED) is 0.522. The lowest BCUT2D eigenvalue weighted by atomic mass is 10.2. The highest BCUT2D eigenvalue weighted by atomic mass is 16.7. The zero-order valence-corrected chi connectivity index (χ0v) is 5.72. The van der Waals surface area contributed by atoms with Crippen LogP contribution in [0.4, 0.5) is 0 Å². The van der Waals surface area contributed by atoms with Gasteiger partial charge in [-0.3, -0.25) is 0 Å². The van der Waals surface area contributed by atoms with Crippen molar-refractivity contribution in [3.05, 3.63) is 12.7 Å². The highest BCUT2D eigenvalue weighted by molar-refractivity contribution is 4.79. The summed E-state index contributed by atoms with van der Waals surface area (Å²) in [5.74, 6) is -0.373. The number of hydrogen-bond acceptors (Lipinski definition) is 2. The Bertz CT molecular complexity index is 103. The summed E-state index contributed by atoms with van der Waals surface area (Å²) in [5.41, 5.74) is 0. The smallest absolute Gasteiger partial charge is 0.169 e. The van der Waals surface area contributed by atoms with Crippen molar-refractivity contribution >= 4 is 0 Å². The second-order valence-corrected chi connectivity index (χ2v) is 2.32. The van der Waals surface area contributed by atoms with E-state index < -0.39 is 0 Å². The van der Waals surface area contributed by atoms with E-state index in [9.17, 15) is 0 Å². The first-order valence-electron chi connectivity index (χ1n) is 3.16. The van der Waals surface area contributed by atoms with Crippen molar-refractivity contribution in [2.24, 2.45) is 0 Å². The fourth-order valence-electron chi connectivity index (χ4n) is 0.937. The lowest BCUT2D eigenvalue weighted by molar-refractivity contribution is -0.138. The topological polar surface area (TPSA) is 18.5 Å². The maximum Gasteiger partial charge on any atom is 0.169 e. The Kier molecular flexibility index (Phi) is 1.88. The van der Waals surface area contributed by atoms with Crippen LogP contribution in [0.3, 0.4) is 0 Å². The van der Waals surface area contributed by atoms with E-state index in [-0.39, 0.29) is 5.79 Å². The van der Waals surface area contributed by atoms with Crippen LogP contribution in [0, 0.1) is 0 Å². The molecule has 0 aromatic carbocycles. The summed E-state index contributed by atoms with van der Waals surface area (Å²) in [5, 5.41) is 0. The zero-order chi connectivity index (χ0) is 6.74. The van der Waals surface area contributed by atoms with Crippen LogP contribution in [-0.4, -0.2) is 19.0 Å². The third kappa shape index (κ3) is 1.53. The van der Waals surface area contributed by atoms with Gasteiger partial charge in [-0.25, -0.2) is 0 Å². The molecule has 1 saturated heterocycles. The maximum absolute atomic E-state index is 5.29. The van der Waals surface area contributed by atoms with E-state index in [4.69, 9.17) is 9.47 Å². The van der Waals surface area contributed by atoms with Crippen molar-refractivity contribution in [1.82, 2.24) is 0 Å². The molecule has 1 aliphatic rings. The molecular weight excluding hydrogens is 116 g/mol. The molecule has 0 unspecified atom stereocenters. The summed E-state index contributed by atoms with van der Waals surface area (Å²) in [6.45, 7) is 6.97. The summed E-state index contributed by atoms with van der Waals surface area (Å²) in [6.07, 6.45) is 2.58. The summed E-state index contributed by atoms with van der Waals surface area (Å²) >= 11 is 0. The number of rotatable bonds is 2. The molecule has 52 valence electrons. The first-order chi connectivity index (χ1) is 4.27. The van der Waals surface area contributed by atoms with Gasteiger partial charge in [0.25, 0.3) is 0 Å². The first kappa shape index (κ1) is 6.78. The van der Waals surface area contributed by atoms with E-state index in [2.05, 4.69) is 6.58 Å². The minimum absolute atomic E-state index is 0.373. The van der Waals surface area contributed by atoms with Crippen LogP contribution in [0.5, 0.6) is 0 Å². The van der Waals surface area contributed by atoms with Crippen LogP contribution in [0.25, 0.3) is 0 Å². The first-order valence-corrected chi connectivity index (χ1v) is 3.16. The molecule has 0 amide bonds. The van der Waals surface area contributed by atoms with Gasteiger partial charge in [0.15, 0.2) is 5.79 Å². The van der Waals surface area contributed by atoms with E-state index in [1.165, 1.54) is 0 Å². The summed E-state index contributed by atoms with van der Waals surface area (Å²) in [4.78, 5) is 0. The van der Waals surface area contributed by atoms with Crippen LogP contribution >= 0.6 is 0 Å². The second-order valence-electron chi connectivity index (χ2n) is 2.32. The van der Waals surface area contributed by atoms with Crippen molar-refractivity contribution in [2.75, 3.05) is 13.2 Å². The van der Waals surface area contributed by atoms with Crippen molar-refractivity contribution in [2.45, 2.75) is 19.1 Å². The predicted molar refractivity (Wildman–Crippen MR) is 35.1 cm³/mol. The fourth-order valence-corrected chi connectivity index (χ4v) is 0.937. The molecule has 0 N–H and O–H groups in total. The highest BCUT2D eigenvalue weighted by Gasteiger charge is 2.28. The van der Waals surface area contributed by atoms with Crippen molar-refractivity contribution in [3.8, 4) is 0 Å².